The minimum Gasteiger partial charge on any atom is -0.394 e. The summed E-state index contributed by atoms with van der Waals surface area (Å²) in [5.41, 5.74) is 0.0632. The second-order valence-corrected chi connectivity index (χ2v) is 9.20. The van der Waals surface area contributed by atoms with Gasteiger partial charge < -0.3 is 19.9 Å². The van der Waals surface area contributed by atoms with Crippen LogP contribution in [0, 0.1) is 11.6 Å². The van der Waals surface area contributed by atoms with Crippen molar-refractivity contribution in [2.75, 3.05) is 44.8 Å². The van der Waals surface area contributed by atoms with Gasteiger partial charge in [-0.25, -0.2) is 17.2 Å². The Morgan fingerprint density at radius 2 is 2.00 bits per heavy atom. The van der Waals surface area contributed by atoms with E-state index in [0.717, 1.165) is 28.6 Å². The van der Waals surface area contributed by atoms with E-state index in [1.165, 1.54) is 12.1 Å². The number of ether oxygens (including phenoxy) is 2. The van der Waals surface area contributed by atoms with E-state index in [4.69, 9.17) is 26.2 Å². The number of sulfonamides is 1. The molecular weight excluding hydrogens is 470 g/mol. The van der Waals surface area contributed by atoms with Crippen molar-refractivity contribution in [2.45, 2.75) is 11.0 Å². The minimum atomic E-state index is -4.33. The summed E-state index contributed by atoms with van der Waals surface area (Å²) >= 11 is 5.70. The molecule has 2 aromatic rings. The van der Waals surface area contributed by atoms with Gasteiger partial charge in [0.05, 0.1) is 37.6 Å². The van der Waals surface area contributed by atoms with Crippen molar-refractivity contribution in [1.29, 1.82) is 0 Å². The van der Waals surface area contributed by atoms with E-state index < -0.39 is 38.6 Å². The fourth-order valence-corrected chi connectivity index (χ4v) is 4.78. The third-order valence-corrected chi connectivity index (χ3v) is 6.80. The van der Waals surface area contributed by atoms with Gasteiger partial charge in [0.15, 0.2) is 0 Å². The number of carbonyl (C=O) groups is 1. The van der Waals surface area contributed by atoms with E-state index in [0.29, 0.717) is 0 Å². The number of benzene rings is 2. The van der Waals surface area contributed by atoms with Crippen LogP contribution >= 0.6 is 11.6 Å². The Morgan fingerprint density at radius 3 is 2.72 bits per heavy atom. The third kappa shape index (κ3) is 5.80. The zero-order valence-electron chi connectivity index (χ0n) is 16.8. The van der Waals surface area contributed by atoms with Crippen LogP contribution < -0.4 is 5.32 Å². The number of carbonyl (C=O) groups excluding carboxylic acids is 1. The van der Waals surface area contributed by atoms with Gasteiger partial charge in [-0.3, -0.25) is 4.79 Å². The summed E-state index contributed by atoms with van der Waals surface area (Å²) in [7, 11) is -4.33. The maximum Gasteiger partial charge on any atom is 0.255 e. The highest BCUT2D eigenvalue weighted by atomic mass is 35.5. The first-order valence-electron chi connectivity index (χ1n) is 9.58. The topological polar surface area (TPSA) is 105 Å². The number of halogens is 3. The molecule has 2 aromatic carbocycles. The Bertz CT molecular complexity index is 1090. The zero-order chi connectivity index (χ0) is 23.3. The maximum atomic E-state index is 14.5. The molecule has 1 aliphatic rings. The first-order chi connectivity index (χ1) is 15.2. The standard InChI is InChI=1S/C20H21ClF2N2O6S/c21-16-10-14(2-4-17(16)22)24-20(27)13-1-3-18(23)19(9-13)32(28,29)25-5-7-30-12-15(11-25)31-8-6-26/h1-4,9-10,15,26H,5-8,11-12H2,(H,24,27). The molecule has 12 heteroatoms. The molecule has 3 rings (SSSR count). The molecule has 32 heavy (non-hydrogen) atoms. The molecule has 0 spiro atoms. The average molecular weight is 491 g/mol. The summed E-state index contributed by atoms with van der Waals surface area (Å²) < 4.78 is 65.8. The lowest BCUT2D eigenvalue weighted by molar-refractivity contribution is -0.0157. The summed E-state index contributed by atoms with van der Waals surface area (Å²) in [6.45, 7) is -0.187. The van der Waals surface area contributed by atoms with Crippen molar-refractivity contribution in [3.8, 4) is 0 Å². The lowest BCUT2D eigenvalue weighted by Gasteiger charge is -2.23. The van der Waals surface area contributed by atoms with Crippen LogP contribution in [0.5, 0.6) is 0 Å². The van der Waals surface area contributed by atoms with Gasteiger partial charge in [0.25, 0.3) is 5.91 Å². The Labute approximate surface area is 188 Å². The van der Waals surface area contributed by atoms with Crippen molar-refractivity contribution < 1.29 is 36.6 Å². The van der Waals surface area contributed by atoms with Crippen LogP contribution in [-0.2, 0) is 19.5 Å². The van der Waals surface area contributed by atoms with Crippen LogP contribution in [0.25, 0.3) is 0 Å². The van der Waals surface area contributed by atoms with Gasteiger partial charge in [0, 0.05) is 24.3 Å². The highest BCUT2D eigenvalue weighted by Crippen LogP contribution is 2.24. The number of amides is 1. The van der Waals surface area contributed by atoms with Gasteiger partial charge in [-0.2, -0.15) is 4.31 Å². The molecule has 0 aromatic heterocycles. The van der Waals surface area contributed by atoms with E-state index in [1.54, 1.807) is 0 Å². The quantitative estimate of drug-likeness (QED) is 0.617. The highest BCUT2D eigenvalue weighted by Gasteiger charge is 2.32. The summed E-state index contributed by atoms with van der Waals surface area (Å²) in [4.78, 5) is 11.9. The molecule has 1 heterocycles. The maximum absolute atomic E-state index is 14.5. The fraction of sp³-hybridized carbons (Fsp3) is 0.350. The van der Waals surface area contributed by atoms with Gasteiger partial charge in [0.2, 0.25) is 10.0 Å². The number of nitrogens with zero attached hydrogens (tertiary/aromatic N) is 1. The largest absolute Gasteiger partial charge is 0.394 e. The van der Waals surface area contributed by atoms with Crippen LogP contribution in [0.3, 0.4) is 0 Å². The Morgan fingerprint density at radius 1 is 1.25 bits per heavy atom. The molecule has 1 aliphatic heterocycles. The molecule has 0 radical (unpaired) electrons. The zero-order valence-corrected chi connectivity index (χ0v) is 18.3. The SMILES string of the molecule is O=C(Nc1ccc(F)c(Cl)c1)c1ccc(F)c(S(=O)(=O)N2CCOCC(OCCO)C2)c1. The van der Waals surface area contributed by atoms with Crippen LogP contribution in [0.2, 0.25) is 5.02 Å². The first kappa shape index (κ1) is 24.5. The average Bonchev–Trinajstić information content (AvgIpc) is 3.01. The van der Waals surface area contributed by atoms with Crippen molar-refractivity contribution in [3.63, 3.8) is 0 Å². The van der Waals surface area contributed by atoms with Crippen LogP contribution in [0.4, 0.5) is 14.5 Å². The van der Waals surface area contributed by atoms with Crippen LogP contribution in [0.1, 0.15) is 10.4 Å². The van der Waals surface area contributed by atoms with E-state index >= 15 is 0 Å². The predicted octanol–water partition coefficient (Wildman–Crippen LogP) is 2.27. The number of hydrogen-bond acceptors (Lipinski definition) is 6. The number of hydrogen-bond donors (Lipinski definition) is 2. The normalized spacial score (nSPS) is 17.7. The molecule has 0 bridgehead atoms. The van der Waals surface area contributed by atoms with Crippen molar-refractivity contribution in [2.24, 2.45) is 0 Å². The molecule has 174 valence electrons. The fourth-order valence-electron chi connectivity index (χ4n) is 3.05. The van der Waals surface area contributed by atoms with Gasteiger partial charge in [0.1, 0.15) is 16.5 Å². The van der Waals surface area contributed by atoms with E-state index in [1.807, 2.05) is 0 Å². The lowest BCUT2D eigenvalue weighted by Crippen LogP contribution is -2.39. The monoisotopic (exact) mass is 490 g/mol. The van der Waals surface area contributed by atoms with Crippen molar-refractivity contribution >= 4 is 33.2 Å². The van der Waals surface area contributed by atoms with E-state index in [-0.39, 0.29) is 55.8 Å². The molecule has 0 aliphatic carbocycles. The van der Waals surface area contributed by atoms with Gasteiger partial charge in [-0.15, -0.1) is 0 Å². The highest BCUT2D eigenvalue weighted by molar-refractivity contribution is 7.89. The second kappa shape index (κ2) is 10.6. The molecule has 2 N–H and O–H groups in total. The number of aliphatic hydroxyl groups is 1. The molecule has 1 amide bonds. The van der Waals surface area contributed by atoms with Crippen molar-refractivity contribution in [3.05, 3.63) is 58.6 Å². The number of nitrogens with one attached hydrogen (secondary N) is 1. The van der Waals surface area contributed by atoms with Crippen molar-refractivity contribution in [1.82, 2.24) is 4.31 Å². The molecule has 0 saturated carbocycles. The summed E-state index contributed by atoms with van der Waals surface area (Å²) in [5, 5.41) is 11.2. The Kier molecular flexibility index (Phi) is 8.15. The van der Waals surface area contributed by atoms with Gasteiger partial charge >= 0.3 is 0 Å². The van der Waals surface area contributed by atoms with E-state index in [9.17, 15) is 22.0 Å². The first-order valence-corrected chi connectivity index (χ1v) is 11.4. The summed E-state index contributed by atoms with van der Waals surface area (Å²) in [5.74, 6) is -2.42. The van der Waals surface area contributed by atoms with Crippen LogP contribution in [0.15, 0.2) is 41.3 Å². The van der Waals surface area contributed by atoms with E-state index in [2.05, 4.69) is 5.32 Å². The molecule has 1 fully saturated rings. The predicted molar refractivity (Wildman–Crippen MR) is 112 cm³/mol. The molecular formula is C20H21ClF2N2O6S. The second-order valence-electron chi connectivity index (χ2n) is 6.88. The number of aliphatic hydroxyl groups excluding tert-OH is 1. The van der Waals surface area contributed by atoms with Crippen LogP contribution in [-0.4, -0.2) is 69.4 Å². The lowest BCUT2D eigenvalue weighted by atomic mass is 10.2. The minimum absolute atomic E-state index is 0.000661. The molecule has 1 atom stereocenters. The van der Waals surface area contributed by atoms with Gasteiger partial charge in [-0.05, 0) is 36.4 Å². The number of rotatable bonds is 7. The van der Waals surface area contributed by atoms with Gasteiger partial charge in [-0.1, -0.05) is 11.6 Å². The summed E-state index contributed by atoms with van der Waals surface area (Å²) in [6, 6.07) is 6.49. The molecule has 8 nitrogen and oxygen atoms in total. The Balaban J connectivity index is 1.84. The Hall–Kier alpha value is -2.15. The molecule has 1 unspecified atom stereocenters. The smallest absolute Gasteiger partial charge is 0.255 e. The molecule has 1 saturated heterocycles. The summed E-state index contributed by atoms with van der Waals surface area (Å²) in [6.07, 6.45) is -0.641. The third-order valence-electron chi connectivity index (χ3n) is 4.63. The number of anilines is 1.